The Hall–Kier alpha value is -1.88. The van der Waals surface area contributed by atoms with E-state index in [1.807, 2.05) is 43.9 Å². The maximum Gasteiger partial charge on any atom is 0.241 e. The van der Waals surface area contributed by atoms with Crippen LogP contribution in [0.4, 0.5) is 5.69 Å². The average molecular weight is 331 g/mol. The predicted octanol–water partition coefficient (Wildman–Crippen LogP) is 2.57. The smallest absolute Gasteiger partial charge is 0.241 e. The molecule has 1 aromatic rings. The first-order valence-corrected chi connectivity index (χ1v) is 8.82. The lowest BCUT2D eigenvalue weighted by Gasteiger charge is -2.27. The highest BCUT2D eigenvalue weighted by atomic mass is 16.2. The molecule has 1 unspecified atom stereocenters. The third-order valence-electron chi connectivity index (χ3n) is 4.89. The maximum atomic E-state index is 12.6. The third-order valence-corrected chi connectivity index (χ3v) is 4.89. The molecule has 0 bridgehead atoms. The van der Waals surface area contributed by atoms with Gasteiger partial charge in [-0.05, 0) is 50.5 Å². The molecule has 5 nitrogen and oxygen atoms in total. The number of benzene rings is 1. The fourth-order valence-corrected chi connectivity index (χ4v) is 3.03. The van der Waals surface area contributed by atoms with Gasteiger partial charge in [0, 0.05) is 38.3 Å². The molecule has 0 spiro atoms. The summed E-state index contributed by atoms with van der Waals surface area (Å²) in [6, 6.07) is 5.76. The second kappa shape index (κ2) is 8.29. The number of aryl methyl sites for hydroxylation is 2. The van der Waals surface area contributed by atoms with Crippen LogP contribution in [0.1, 0.15) is 37.8 Å². The number of carbonyl (C=O) groups excluding carboxylic acids is 2. The van der Waals surface area contributed by atoms with E-state index in [0.717, 1.165) is 31.7 Å². The van der Waals surface area contributed by atoms with Gasteiger partial charge in [-0.1, -0.05) is 13.0 Å². The summed E-state index contributed by atoms with van der Waals surface area (Å²) in [5, 5.41) is 3.01. The van der Waals surface area contributed by atoms with Crippen molar-refractivity contribution in [3.63, 3.8) is 0 Å². The van der Waals surface area contributed by atoms with Crippen LogP contribution in [0.25, 0.3) is 0 Å². The van der Waals surface area contributed by atoms with Crippen molar-refractivity contribution in [3.05, 3.63) is 29.3 Å². The third kappa shape index (κ3) is 4.57. The lowest BCUT2D eigenvalue weighted by molar-refractivity contribution is -0.130. The van der Waals surface area contributed by atoms with Crippen molar-refractivity contribution in [2.45, 2.75) is 46.6 Å². The van der Waals surface area contributed by atoms with E-state index in [0.29, 0.717) is 13.0 Å². The van der Waals surface area contributed by atoms with E-state index in [1.54, 1.807) is 0 Å². The minimum absolute atomic E-state index is 0.00789. The number of hydrogen-bond donors (Lipinski definition) is 1. The average Bonchev–Trinajstić information content (AvgIpc) is 2.82. The van der Waals surface area contributed by atoms with Crippen molar-refractivity contribution < 1.29 is 9.59 Å². The van der Waals surface area contributed by atoms with Crippen molar-refractivity contribution >= 4 is 17.5 Å². The van der Waals surface area contributed by atoms with Gasteiger partial charge in [-0.25, -0.2) is 0 Å². The molecule has 0 aromatic heterocycles. The van der Waals surface area contributed by atoms with E-state index >= 15 is 0 Å². The Kier molecular flexibility index (Phi) is 6.37. The van der Waals surface area contributed by atoms with Crippen LogP contribution in [0.15, 0.2) is 18.2 Å². The van der Waals surface area contributed by atoms with E-state index < -0.39 is 0 Å². The highest BCUT2D eigenvalue weighted by molar-refractivity contribution is 5.94. The molecule has 0 aliphatic carbocycles. The Morgan fingerprint density at radius 2 is 1.88 bits per heavy atom. The highest BCUT2D eigenvalue weighted by Gasteiger charge is 2.25. The van der Waals surface area contributed by atoms with E-state index in [1.165, 1.54) is 11.1 Å². The van der Waals surface area contributed by atoms with E-state index in [-0.39, 0.29) is 17.9 Å². The van der Waals surface area contributed by atoms with Gasteiger partial charge in [0.2, 0.25) is 11.8 Å². The fourth-order valence-electron chi connectivity index (χ4n) is 3.03. The second-order valence-corrected chi connectivity index (χ2v) is 6.59. The molecule has 1 saturated heterocycles. The first-order chi connectivity index (χ1) is 11.4. The zero-order chi connectivity index (χ0) is 17.7. The molecule has 1 atom stereocenters. The summed E-state index contributed by atoms with van der Waals surface area (Å²) < 4.78 is 0. The van der Waals surface area contributed by atoms with Crippen molar-refractivity contribution in [1.29, 1.82) is 0 Å². The van der Waals surface area contributed by atoms with Crippen LogP contribution >= 0.6 is 0 Å². The van der Waals surface area contributed by atoms with Crippen LogP contribution in [0.5, 0.6) is 0 Å². The lowest BCUT2D eigenvalue weighted by atomic mass is 10.1. The summed E-state index contributed by atoms with van der Waals surface area (Å²) in [6.07, 6.45) is 1.45. The Bertz CT molecular complexity index is 600. The number of hydrogen-bond acceptors (Lipinski definition) is 3. The molecule has 1 aromatic carbocycles. The summed E-state index contributed by atoms with van der Waals surface area (Å²) in [5.41, 5.74) is 3.23. The minimum Gasteiger partial charge on any atom is -0.341 e. The number of carbonyl (C=O) groups is 2. The van der Waals surface area contributed by atoms with Crippen molar-refractivity contribution in [2.75, 3.05) is 31.5 Å². The second-order valence-electron chi connectivity index (χ2n) is 6.59. The van der Waals surface area contributed by atoms with Gasteiger partial charge < -0.3 is 10.2 Å². The molecule has 5 heteroatoms. The molecule has 2 rings (SSSR count). The van der Waals surface area contributed by atoms with Gasteiger partial charge in [0.05, 0.1) is 6.04 Å². The van der Waals surface area contributed by atoms with Gasteiger partial charge in [0.1, 0.15) is 0 Å². The van der Waals surface area contributed by atoms with Gasteiger partial charge in [-0.3, -0.25) is 14.5 Å². The number of anilines is 1. The molecule has 1 heterocycles. The molecule has 1 fully saturated rings. The van der Waals surface area contributed by atoms with E-state index in [2.05, 4.69) is 17.1 Å². The molecule has 24 heavy (non-hydrogen) atoms. The van der Waals surface area contributed by atoms with Crippen molar-refractivity contribution in [2.24, 2.45) is 0 Å². The summed E-state index contributed by atoms with van der Waals surface area (Å²) >= 11 is 0. The molecular weight excluding hydrogens is 302 g/mol. The van der Waals surface area contributed by atoms with E-state index in [9.17, 15) is 9.59 Å². The van der Waals surface area contributed by atoms with Gasteiger partial charge in [0.25, 0.3) is 0 Å². The molecule has 1 N–H and O–H groups in total. The lowest BCUT2D eigenvalue weighted by Crippen LogP contribution is -2.44. The molecular formula is C19H29N3O2. The zero-order valence-corrected chi connectivity index (χ0v) is 15.3. The topological polar surface area (TPSA) is 52.7 Å². The van der Waals surface area contributed by atoms with Crippen molar-refractivity contribution in [3.8, 4) is 0 Å². The number of nitrogens with zero attached hydrogens (tertiary/aromatic N) is 2. The van der Waals surface area contributed by atoms with Crippen LogP contribution in [-0.2, 0) is 9.59 Å². The van der Waals surface area contributed by atoms with Crippen molar-refractivity contribution in [1.82, 2.24) is 9.80 Å². The first kappa shape index (κ1) is 18.5. The largest absolute Gasteiger partial charge is 0.341 e. The molecule has 0 saturated carbocycles. The summed E-state index contributed by atoms with van der Waals surface area (Å²) in [5.74, 6) is 0.206. The first-order valence-electron chi connectivity index (χ1n) is 8.82. The number of rotatable bonds is 4. The minimum atomic E-state index is -0.205. The normalized spacial score (nSPS) is 17.2. The Balaban J connectivity index is 1.94. The predicted molar refractivity (Wildman–Crippen MR) is 97.1 cm³/mol. The van der Waals surface area contributed by atoms with Crippen LogP contribution in [-0.4, -0.2) is 53.8 Å². The Labute approximate surface area is 145 Å². The van der Waals surface area contributed by atoms with Crippen LogP contribution < -0.4 is 5.32 Å². The van der Waals surface area contributed by atoms with E-state index in [4.69, 9.17) is 0 Å². The monoisotopic (exact) mass is 331 g/mol. The van der Waals surface area contributed by atoms with Gasteiger partial charge >= 0.3 is 0 Å². The summed E-state index contributed by atoms with van der Waals surface area (Å²) in [7, 11) is 0. The summed E-state index contributed by atoms with van der Waals surface area (Å²) in [4.78, 5) is 28.5. The van der Waals surface area contributed by atoms with Crippen LogP contribution in [0.2, 0.25) is 0 Å². The fraction of sp³-hybridized carbons (Fsp3) is 0.579. The van der Waals surface area contributed by atoms with Crippen LogP contribution in [0, 0.1) is 13.8 Å². The van der Waals surface area contributed by atoms with Gasteiger partial charge in [0.15, 0.2) is 0 Å². The molecule has 1 aliphatic heterocycles. The molecule has 0 radical (unpaired) electrons. The highest BCUT2D eigenvalue weighted by Crippen LogP contribution is 2.16. The molecule has 2 amide bonds. The van der Waals surface area contributed by atoms with Crippen LogP contribution in [0.3, 0.4) is 0 Å². The Morgan fingerprint density at radius 3 is 2.54 bits per heavy atom. The molecule has 1 aliphatic rings. The standard InChI is InChI=1S/C19H29N3O2/c1-5-18(23)22-10-6-9-21(11-12-22)16(4)19(24)20-17-8-7-14(2)15(3)13-17/h7-8,13,16H,5-6,9-12H2,1-4H3,(H,20,24). The van der Waals surface area contributed by atoms with Gasteiger partial charge in [-0.15, -0.1) is 0 Å². The Morgan fingerprint density at radius 1 is 1.12 bits per heavy atom. The van der Waals surface area contributed by atoms with Gasteiger partial charge in [-0.2, -0.15) is 0 Å². The quantitative estimate of drug-likeness (QED) is 0.922. The SMILES string of the molecule is CCC(=O)N1CCCN(C(C)C(=O)Nc2ccc(C)c(C)c2)CC1. The number of nitrogens with one attached hydrogen (secondary N) is 1. The molecule has 132 valence electrons. The number of amides is 2. The zero-order valence-electron chi connectivity index (χ0n) is 15.3. The maximum absolute atomic E-state index is 12.6. The summed E-state index contributed by atoms with van der Waals surface area (Å²) in [6.45, 7) is 11.0.